The number of piperidine rings is 2. The summed E-state index contributed by atoms with van der Waals surface area (Å²) in [5.41, 5.74) is 0.995. The highest BCUT2D eigenvalue weighted by Gasteiger charge is 2.22. The quantitative estimate of drug-likeness (QED) is 0.630. The van der Waals surface area contributed by atoms with E-state index in [2.05, 4.69) is 56.8 Å². The van der Waals surface area contributed by atoms with E-state index in [9.17, 15) is 0 Å². The van der Waals surface area contributed by atoms with Crippen molar-refractivity contribution in [3.05, 3.63) is 15.7 Å². The Bertz CT molecular complexity index is 816. The molecule has 7 heteroatoms. The third kappa shape index (κ3) is 4.30. The van der Waals surface area contributed by atoms with Crippen LogP contribution in [0.25, 0.3) is 10.9 Å². The lowest BCUT2D eigenvalue weighted by molar-refractivity contribution is 0.229. The molecule has 2 aliphatic rings. The van der Waals surface area contributed by atoms with Crippen molar-refractivity contribution in [3.63, 3.8) is 0 Å². The molecule has 28 heavy (non-hydrogen) atoms. The van der Waals surface area contributed by atoms with Gasteiger partial charge in [0.15, 0.2) is 0 Å². The van der Waals surface area contributed by atoms with E-state index in [1.165, 1.54) is 19.3 Å². The summed E-state index contributed by atoms with van der Waals surface area (Å²) in [6.07, 6.45) is 6.06. The summed E-state index contributed by atoms with van der Waals surface area (Å²) in [6, 6.07) is 4.66. The normalized spacial score (nSPS) is 19.2. The summed E-state index contributed by atoms with van der Waals surface area (Å²) < 4.78 is 6.65. The number of fused-ring (bicyclic) bond motifs is 1. The number of rotatable bonds is 5. The van der Waals surface area contributed by atoms with Gasteiger partial charge in [0.25, 0.3) is 0 Å². The lowest BCUT2D eigenvalue weighted by Gasteiger charge is -2.32. The number of benzene rings is 1. The van der Waals surface area contributed by atoms with Gasteiger partial charge in [0.05, 0.1) is 16.2 Å². The van der Waals surface area contributed by atoms with Crippen molar-refractivity contribution in [3.8, 4) is 5.75 Å². The summed E-state index contributed by atoms with van der Waals surface area (Å²) in [7, 11) is 1.72. The van der Waals surface area contributed by atoms with Crippen molar-refractivity contribution in [2.24, 2.45) is 0 Å². The number of likely N-dealkylation sites (tertiary alicyclic amines) is 1. The topological polar surface area (TPSA) is 53.5 Å². The highest BCUT2D eigenvalue weighted by molar-refractivity contribution is 14.1. The number of halogens is 1. The molecule has 6 nitrogen and oxygen atoms in total. The van der Waals surface area contributed by atoms with E-state index < -0.39 is 0 Å². The van der Waals surface area contributed by atoms with Crippen LogP contribution in [-0.2, 0) is 0 Å². The first-order valence-corrected chi connectivity index (χ1v) is 11.5. The van der Waals surface area contributed by atoms with Gasteiger partial charge < -0.3 is 19.9 Å². The SMILES string of the molecule is CCN1CCC(Nc2nc(N3CCCCC3)nc3cc(I)c(OC)cc23)CC1. The second-order valence-corrected chi connectivity index (χ2v) is 8.94. The Kier molecular flexibility index (Phi) is 6.40. The third-order valence-corrected chi connectivity index (χ3v) is 6.82. The van der Waals surface area contributed by atoms with Crippen molar-refractivity contribution in [1.82, 2.24) is 14.9 Å². The molecule has 0 aliphatic carbocycles. The van der Waals surface area contributed by atoms with Gasteiger partial charge >= 0.3 is 0 Å². The molecule has 152 valence electrons. The van der Waals surface area contributed by atoms with Gasteiger partial charge in [-0.1, -0.05) is 6.92 Å². The molecule has 0 spiro atoms. The minimum absolute atomic E-state index is 0.459. The van der Waals surface area contributed by atoms with Crippen LogP contribution in [0.3, 0.4) is 0 Å². The number of hydrogen-bond donors (Lipinski definition) is 1. The van der Waals surface area contributed by atoms with Gasteiger partial charge in [-0.3, -0.25) is 0 Å². The Morgan fingerprint density at radius 1 is 1.11 bits per heavy atom. The van der Waals surface area contributed by atoms with E-state index in [0.29, 0.717) is 6.04 Å². The third-order valence-electron chi connectivity index (χ3n) is 5.97. The Hall–Kier alpha value is -1.35. The Balaban J connectivity index is 1.68. The Morgan fingerprint density at radius 2 is 1.86 bits per heavy atom. The molecule has 0 atom stereocenters. The Morgan fingerprint density at radius 3 is 2.54 bits per heavy atom. The van der Waals surface area contributed by atoms with Crippen LogP contribution in [0.5, 0.6) is 5.75 Å². The van der Waals surface area contributed by atoms with Crippen LogP contribution in [-0.4, -0.2) is 60.7 Å². The number of nitrogens with zero attached hydrogens (tertiary/aromatic N) is 4. The standard InChI is InChI=1S/C21H30IN5O/c1-3-26-11-7-15(8-12-26)23-20-16-13-19(28-2)17(22)14-18(16)24-21(25-20)27-9-5-4-6-10-27/h13-15H,3-12H2,1-2H3,(H,23,24,25). The Labute approximate surface area is 181 Å². The molecule has 2 fully saturated rings. The maximum atomic E-state index is 5.57. The van der Waals surface area contributed by atoms with Crippen LogP contribution in [0.1, 0.15) is 39.0 Å². The predicted octanol–water partition coefficient (Wildman–Crippen LogP) is 4.13. The predicted molar refractivity (Wildman–Crippen MR) is 124 cm³/mol. The molecule has 0 saturated carbocycles. The number of methoxy groups -OCH3 is 1. The number of ether oxygens (including phenoxy) is 1. The van der Waals surface area contributed by atoms with E-state index in [1.54, 1.807) is 7.11 Å². The first-order valence-electron chi connectivity index (χ1n) is 10.5. The highest BCUT2D eigenvalue weighted by atomic mass is 127. The van der Waals surface area contributed by atoms with Gasteiger partial charge in [0, 0.05) is 37.6 Å². The van der Waals surface area contributed by atoms with E-state index in [0.717, 1.165) is 77.6 Å². The summed E-state index contributed by atoms with van der Waals surface area (Å²) in [4.78, 5) is 14.8. The van der Waals surface area contributed by atoms with Crippen molar-refractivity contribution in [1.29, 1.82) is 0 Å². The molecule has 0 amide bonds. The molecule has 2 saturated heterocycles. The van der Waals surface area contributed by atoms with Crippen LogP contribution in [0, 0.1) is 3.57 Å². The molecule has 3 heterocycles. The zero-order valence-electron chi connectivity index (χ0n) is 16.9. The van der Waals surface area contributed by atoms with Crippen molar-refractivity contribution in [2.45, 2.75) is 45.1 Å². The van der Waals surface area contributed by atoms with E-state index in [4.69, 9.17) is 14.7 Å². The van der Waals surface area contributed by atoms with Crippen molar-refractivity contribution < 1.29 is 4.74 Å². The second-order valence-electron chi connectivity index (χ2n) is 7.78. The fourth-order valence-electron chi connectivity index (χ4n) is 4.21. The summed E-state index contributed by atoms with van der Waals surface area (Å²) >= 11 is 2.32. The van der Waals surface area contributed by atoms with Crippen LogP contribution < -0.4 is 15.0 Å². The van der Waals surface area contributed by atoms with Gasteiger partial charge in [-0.15, -0.1) is 0 Å². The fourth-order valence-corrected chi connectivity index (χ4v) is 4.88. The first-order chi connectivity index (χ1) is 13.7. The molecule has 0 unspecified atom stereocenters. The zero-order chi connectivity index (χ0) is 19.5. The summed E-state index contributed by atoms with van der Waals surface area (Å²) in [5.74, 6) is 2.70. The lowest BCUT2D eigenvalue weighted by atomic mass is 10.0. The van der Waals surface area contributed by atoms with Crippen LogP contribution >= 0.6 is 22.6 Å². The second kappa shape index (κ2) is 8.98. The summed E-state index contributed by atoms with van der Waals surface area (Å²) in [6.45, 7) is 7.78. The van der Waals surface area contributed by atoms with E-state index in [1.807, 2.05) is 0 Å². The highest BCUT2D eigenvalue weighted by Crippen LogP contribution is 2.32. The molecule has 4 rings (SSSR count). The van der Waals surface area contributed by atoms with Gasteiger partial charge in [-0.2, -0.15) is 4.98 Å². The lowest BCUT2D eigenvalue weighted by Crippen LogP contribution is -2.39. The van der Waals surface area contributed by atoms with Gasteiger partial charge in [-0.05, 0) is 73.4 Å². The summed E-state index contributed by atoms with van der Waals surface area (Å²) in [5, 5.41) is 4.81. The maximum absolute atomic E-state index is 5.57. The number of hydrogen-bond acceptors (Lipinski definition) is 6. The minimum Gasteiger partial charge on any atom is -0.496 e. The smallest absolute Gasteiger partial charge is 0.227 e. The number of aromatic nitrogens is 2. The van der Waals surface area contributed by atoms with E-state index in [-0.39, 0.29) is 0 Å². The minimum atomic E-state index is 0.459. The zero-order valence-corrected chi connectivity index (χ0v) is 19.0. The van der Waals surface area contributed by atoms with Crippen molar-refractivity contribution in [2.75, 3.05) is 50.1 Å². The molecular formula is C21H30IN5O. The van der Waals surface area contributed by atoms with Crippen molar-refractivity contribution >= 4 is 45.3 Å². The van der Waals surface area contributed by atoms with Gasteiger partial charge in [0.2, 0.25) is 5.95 Å². The van der Waals surface area contributed by atoms with E-state index >= 15 is 0 Å². The number of anilines is 2. The monoisotopic (exact) mass is 495 g/mol. The van der Waals surface area contributed by atoms with Crippen LogP contribution in [0.15, 0.2) is 12.1 Å². The molecule has 2 aromatic rings. The molecular weight excluding hydrogens is 465 g/mol. The molecule has 2 aliphatic heterocycles. The van der Waals surface area contributed by atoms with Crippen LogP contribution in [0.2, 0.25) is 0 Å². The molecule has 1 aromatic heterocycles. The van der Waals surface area contributed by atoms with Gasteiger partial charge in [-0.25, -0.2) is 4.98 Å². The average molecular weight is 495 g/mol. The molecule has 1 N–H and O–H groups in total. The first kappa shape index (κ1) is 19.9. The number of nitrogens with one attached hydrogen (secondary N) is 1. The largest absolute Gasteiger partial charge is 0.496 e. The maximum Gasteiger partial charge on any atom is 0.227 e. The molecule has 1 aromatic carbocycles. The average Bonchev–Trinajstić information content (AvgIpc) is 2.74. The fraction of sp³-hybridized carbons (Fsp3) is 0.619. The van der Waals surface area contributed by atoms with Crippen LogP contribution in [0.4, 0.5) is 11.8 Å². The van der Waals surface area contributed by atoms with Gasteiger partial charge in [0.1, 0.15) is 11.6 Å². The molecule has 0 radical (unpaired) electrons. The molecule has 0 bridgehead atoms.